The van der Waals surface area contributed by atoms with E-state index in [2.05, 4.69) is 4.98 Å². The molecule has 0 saturated heterocycles. The molecule has 0 aliphatic heterocycles. The molecule has 1 aromatic heterocycles. The van der Waals surface area contributed by atoms with E-state index >= 15 is 0 Å². The topological polar surface area (TPSA) is 29.9 Å². The minimum Gasteiger partial charge on any atom is -0.304 e. The van der Waals surface area contributed by atoms with Crippen LogP contribution in [0, 0.1) is 12.8 Å². The smallest absolute Gasteiger partial charge is 0.304 e. The average molecular weight is 297 g/mol. The SMILES string of the molecule is Cc1cn(-c2ccc(CC(C)C)cc2NC(F)(F)F)cn1. The fourth-order valence-corrected chi connectivity index (χ4v) is 2.21. The summed E-state index contributed by atoms with van der Waals surface area (Å²) in [6, 6.07) is 5.09. The molecule has 0 bridgehead atoms. The zero-order chi connectivity index (χ0) is 15.6. The van der Waals surface area contributed by atoms with Gasteiger partial charge in [-0.15, -0.1) is 0 Å². The number of alkyl halides is 3. The maximum Gasteiger partial charge on any atom is 0.482 e. The van der Waals surface area contributed by atoms with Gasteiger partial charge in [-0.05, 0) is 37.0 Å². The van der Waals surface area contributed by atoms with Crippen LogP contribution in [0.4, 0.5) is 18.9 Å². The predicted molar refractivity (Wildman–Crippen MR) is 76.5 cm³/mol. The van der Waals surface area contributed by atoms with Crippen molar-refractivity contribution in [1.29, 1.82) is 0 Å². The lowest BCUT2D eigenvalue weighted by molar-refractivity contribution is -0.0999. The number of aromatic nitrogens is 2. The standard InChI is InChI=1S/C15H18F3N3/c1-10(2)6-12-4-5-14(21-8-11(3)19-9-21)13(7-12)20-15(16,17)18/h4-5,7-10,20H,6H2,1-3H3. The van der Waals surface area contributed by atoms with E-state index in [4.69, 9.17) is 0 Å². The fourth-order valence-electron chi connectivity index (χ4n) is 2.21. The molecular weight excluding hydrogens is 279 g/mol. The molecule has 0 aliphatic rings. The second-order valence-electron chi connectivity index (χ2n) is 5.49. The molecule has 1 N–H and O–H groups in total. The molecule has 2 rings (SSSR count). The number of halogens is 3. The molecule has 6 heteroatoms. The van der Waals surface area contributed by atoms with Crippen molar-refractivity contribution < 1.29 is 13.2 Å². The van der Waals surface area contributed by atoms with Crippen LogP contribution in [0.1, 0.15) is 25.1 Å². The summed E-state index contributed by atoms with van der Waals surface area (Å²) in [6.45, 7) is 5.86. The maximum atomic E-state index is 12.7. The minimum absolute atomic E-state index is 0.0399. The Balaban J connectivity index is 2.43. The van der Waals surface area contributed by atoms with Crippen LogP contribution in [0.25, 0.3) is 5.69 Å². The van der Waals surface area contributed by atoms with Gasteiger partial charge in [-0.25, -0.2) is 4.98 Å². The van der Waals surface area contributed by atoms with Crippen molar-refractivity contribution in [3.63, 3.8) is 0 Å². The van der Waals surface area contributed by atoms with Crippen molar-refractivity contribution in [3.05, 3.63) is 42.0 Å². The summed E-state index contributed by atoms with van der Waals surface area (Å²) < 4.78 is 39.7. The first kappa shape index (κ1) is 15.4. The highest BCUT2D eigenvalue weighted by Crippen LogP contribution is 2.28. The Bertz CT molecular complexity index is 615. The maximum absolute atomic E-state index is 12.7. The van der Waals surface area contributed by atoms with Crippen molar-refractivity contribution in [2.75, 3.05) is 5.32 Å². The molecule has 0 spiro atoms. The highest BCUT2D eigenvalue weighted by Gasteiger charge is 2.28. The monoisotopic (exact) mass is 297 g/mol. The van der Waals surface area contributed by atoms with E-state index in [1.165, 1.54) is 6.33 Å². The van der Waals surface area contributed by atoms with Crippen LogP contribution in [0.15, 0.2) is 30.7 Å². The number of aryl methyl sites for hydroxylation is 1. The van der Waals surface area contributed by atoms with Gasteiger partial charge < -0.3 is 4.57 Å². The van der Waals surface area contributed by atoms with E-state index in [1.54, 1.807) is 35.1 Å². The van der Waals surface area contributed by atoms with E-state index < -0.39 is 6.30 Å². The Hall–Kier alpha value is -1.98. The van der Waals surface area contributed by atoms with Gasteiger partial charge in [0, 0.05) is 6.20 Å². The largest absolute Gasteiger partial charge is 0.482 e. The third-order valence-corrected chi connectivity index (χ3v) is 2.97. The van der Waals surface area contributed by atoms with E-state index in [0.717, 1.165) is 17.7 Å². The van der Waals surface area contributed by atoms with Crippen LogP contribution >= 0.6 is 0 Å². The summed E-state index contributed by atoms with van der Waals surface area (Å²) in [7, 11) is 0. The van der Waals surface area contributed by atoms with Crippen LogP contribution in [0.2, 0.25) is 0 Å². The molecule has 3 nitrogen and oxygen atoms in total. The van der Waals surface area contributed by atoms with Gasteiger partial charge in [-0.3, -0.25) is 5.32 Å². The highest BCUT2D eigenvalue weighted by molar-refractivity contribution is 5.63. The normalized spacial score (nSPS) is 12.0. The molecule has 0 saturated carbocycles. The Kier molecular flexibility index (Phi) is 4.25. The highest BCUT2D eigenvalue weighted by atomic mass is 19.4. The van der Waals surface area contributed by atoms with Gasteiger partial charge >= 0.3 is 6.30 Å². The van der Waals surface area contributed by atoms with Crippen molar-refractivity contribution in [2.24, 2.45) is 5.92 Å². The summed E-state index contributed by atoms with van der Waals surface area (Å²) >= 11 is 0. The third-order valence-electron chi connectivity index (χ3n) is 2.97. The third kappa shape index (κ3) is 4.24. The van der Waals surface area contributed by atoms with E-state index in [9.17, 15) is 13.2 Å². The van der Waals surface area contributed by atoms with Crippen LogP contribution in [-0.2, 0) is 6.42 Å². The number of hydrogen-bond donors (Lipinski definition) is 1. The second-order valence-corrected chi connectivity index (χ2v) is 5.49. The Morgan fingerprint density at radius 2 is 2.00 bits per heavy atom. The summed E-state index contributed by atoms with van der Waals surface area (Å²) in [5.41, 5.74) is 2.09. The minimum atomic E-state index is -4.47. The van der Waals surface area contributed by atoms with Crippen molar-refractivity contribution >= 4 is 5.69 Å². The average Bonchev–Trinajstić information content (AvgIpc) is 2.73. The van der Waals surface area contributed by atoms with Gasteiger partial charge in [0.2, 0.25) is 0 Å². The number of rotatable bonds is 4. The first-order valence-electron chi connectivity index (χ1n) is 6.73. The van der Waals surface area contributed by atoms with Crippen LogP contribution < -0.4 is 5.32 Å². The molecule has 0 atom stereocenters. The molecule has 1 heterocycles. The predicted octanol–water partition coefficient (Wildman–Crippen LogP) is 4.31. The molecule has 0 unspecified atom stereocenters. The summed E-state index contributed by atoms with van der Waals surface area (Å²) in [5, 5.41) is 1.62. The van der Waals surface area contributed by atoms with Gasteiger partial charge in [-0.2, -0.15) is 13.2 Å². The Morgan fingerprint density at radius 1 is 1.29 bits per heavy atom. The molecule has 114 valence electrons. The van der Waals surface area contributed by atoms with E-state index in [-0.39, 0.29) is 5.69 Å². The number of benzene rings is 1. The lowest BCUT2D eigenvalue weighted by Crippen LogP contribution is -2.22. The molecule has 21 heavy (non-hydrogen) atoms. The lowest BCUT2D eigenvalue weighted by atomic mass is 10.0. The van der Waals surface area contributed by atoms with Gasteiger partial charge in [-0.1, -0.05) is 19.9 Å². The summed E-state index contributed by atoms with van der Waals surface area (Å²) in [5.74, 6) is 0.380. The first-order valence-corrected chi connectivity index (χ1v) is 6.73. The Morgan fingerprint density at radius 3 is 2.52 bits per heavy atom. The van der Waals surface area contributed by atoms with Gasteiger partial charge in [0.25, 0.3) is 0 Å². The number of nitrogens with one attached hydrogen (secondary N) is 1. The second kappa shape index (κ2) is 5.79. The fraction of sp³-hybridized carbons (Fsp3) is 0.400. The molecular formula is C15H18F3N3. The number of imidazole rings is 1. The molecule has 0 fully saturated rings. The molecule has 0 amide bonds. The molecule has 2 aromatic rings. The number of anilines is 1. The van der Waals surface area contributed by atoms with Gasteiger partial charge in [0.1, 0.15) is 0 Å². The molecule has 0 radical (unpaired) electrons. The van der Waals surface area contributed by atoms with Crippen LogP contribution in [0.3, 0.4) is 0 Å². The number of hydrogen-bond acceptors (Lipinski definition) is 2. The van der Waals surface area contributed by atoms with E-state index in [0.29, 0.717) is 11.6 Å². The van der Waals surface area contributed by atoms with Gasteiger partial charge in [0.05, 0.1) is 23.4 Å². The summed E-state index contributed by atoms with van der Waals surface area (Å²) in [6.07, 6.45) is -0.538. The van der Waals surface area contributed by atoms with Gasteiger partial charge in [0.15, 0.2) is 0 Å². The molecule has 0 aliphatic carbocycles. The Labute approximate surface area is 121 Å². The molecule has 1 aromatic carbocycles. The zero-order valence-corrected chi connectivity index (χ0v) is 12.2. The van der Waals surface area contributed by atoms with Crippen molar-refractivity contribution in [3.8, 4) is 5.69 Å². The zero-order valence-electron chi connectivity index (χ0n) is 12.2. The van der Waals surface area contributed by atoms with Crippen LogP contribution in [-0.4, -0.2) is 15.9 Å². The lowest BCUT2D eigenvalue weighted by Gasteiger charge is -2.17. The summed E-state index contributed by atoms with van der Waals surface area (Å²) in [4.78, 5) is 4.06. The van der Waals surface area contributed by atoms with E-state index in [1.807, 2.05) is 19.9 Å². The quantitative estimate of drug-likeness (QED) is 0.852. The first-order chi connectivity index (χ1) is 9.74. The van der Waals surface area contributed by atoms with Crippen molar-refractivity contribution in [2.45, 2.75) is 33.5 Å². The van der Waals surface area contributed by atoms with Crippen molar-refractivity contribution in [1.82, 2.24) is 9.55 Å². The number of nitrogens with zero attached hydrogens (tertiary/aromatic N) is 2. The van der Waals surface area contributed by atoms with Crippen LogP contribution in [0.5, 0.6) is 0 Å².